The summed E-state index contributed by atoms with van der Waals surface area (Å²) >= 11 is 1.17. The van der Waals surface area contributed by atoms with Crippen LogP contribution in [0.15, 0.2) is 43.1 Å². The molecule has 1 aliphatic carbocycles. The van der Waals surface area contributed by atoms with Crippen molar-refractivity contribution in [1.29, 1.82) is 0 Å². The zero-order valence-corrected chi connectivity index (χ0v) is 22.9. The molecule has 3 heterocycles. The molecule has 8 nitrogen and oxygen atoms in total. The number of hydrogen-bond donors (Lipinski definition) is 2. The normalized spacial score (nSPS) is 22.3. The Balaban J connectivity index is 1.40. The molecule has 1 saturated heterocycles. The highest BCUT2D eigenvalue weighted by Gasteiger charge is 2.50. The summed E-state index contributed by atoms with van der Waals surface area (Å²) in [6.45, 7) is 14.8. The molecule has 2 fully saturated rings. The van der Waals surface area contributed by atoms with Crippen molar-refractivity contribution in [1.82, 2.24) is 24.1 Å². The van der Waals surface area contributed by atoms with Crippen LogP contribution in [0.2, 0.25) is 0 Å². The van der Waals surface area contributed by atoms with E-state index in [1.54, 1.807) is 12.3 Å². The van der Waals surface area contributed by atoms with E-state index in [-0.39, 0.29) is 28.7 Å². The highest BCUT2D eigenvalue weighted by molar-refractivity contribution is 7.08. The van der Waals surface area contributed by atoms with Gasteiger partial charge in [0.25, 0.3) is 5.91 Å². The monoisotopic (exact) mass is 520 g/mol. The highest BCUT2D eigenvalue weighted by Crippen LogP contribution is 2.55. The number of amides is 2. The quantitative estimate of drug-likeness (QED) is 0.428. The number of fused-ring (bicyclic) bond motifs is 1. The van der Waals surface area contributed by atoms with Crippen molar-refractivity contribution in [3.63, 3.8) is 0 Å². The number of nitrogens with one attached hydrogen (secondary N) is 2. The summed E-state index contributed by atoms with van der Waals surface area (Å²) in [5.41, 5.74) is 3.35. The van der Waals surface area contributed by atoms with Crippen LogP contribution in [0.25, 0.3) is 11.0 Å². The molecular formula is C28H36N6O2S. The molecule has 37 heavy (non-hydrogen) atoms. The topological polar surface area (TPSA) is 92.2 Å². The van der Waals surface area contributed by atoms with Crippen LogP contribution < -0.4 is 10.6 Å². The summed E-state index contributed by atoms with van der Waals surface area (Å²) in [5, 5.41) is 6.67. The standard InChI is InChI=1S/C28H36N6O2S/c1-6-24(35)33-12-10-28(17-33)14-20(15-28)34-22-8-7-19(16-29-18(2)27(3,4)5)13-21(22)31-26(34)32-25(36)23-9-11-30-37-23/h6-9,11,13,18,20,29H,1,10,12,14-17H2,2-5H3,(H,31,32,36)/t18-,20?,28?/m0/s1. The number of likely N-dealkylation sites (tertiary alicyclic amines) is 1. The number of rotatable bonds is 7. The molecular weight excluding hydrogens is 484 g/mol. The lowest BCUT2D eigenvalue weighted by Gasteiger charge is -2.46. The van der Waals surface area contributed by atoms with Crippen LogP contribution >= 0.6 is 11.5 Å². The molecule has 5 rings (SSSR count). The Bertz CT molecular complexity index is 1320. The zero-order chi connectivity index (χ0) is 26.4. The minimum Gasteiger partial charge on any atom is -0.339 e. The molecule has 9 heteroatoms. The number of aromatic nitrogens is 3. The van der Waals surface area contributed by atoms with Crippen LogP contribution in [-0.2, 0) is 11.3 Å². The average molecular weight is 521 g/mol. The molecule has 2 aliphatic rings. The van der Waals surface area contributed by atoms with E-state index in [0.717, 1.165) is 55.5 Å². The molecule has 1 atom stereocenters. The number of anilines is 1. The van der Waals surface area contributed by atoms with Crippen LogP contribution in [0, 0.1) is 10.8 Å². The van der Waals surface area contributed by atoms with Crippen LogP contribution in [-0.4, -0.2) is 49.8 Å². The van der Waals surface area contributed by atoms with E-state index in [0.29, 0.717) is 16.9 Å². The summed E-state index contributed by atoms with van der Waals surface area (Å²) in [5.74, 6) is 0.379. The molecule has 2 N–H and O–H groups in total. The van der Waals surface area contributed by atoms with E-state index in [1.807, 2.05) is 4.90 Å². The average Bonchev–Trinajstić information content (AvgIpc) is 3.58. The number of carbonyl (C=O) groups is 2. The van der Waals surface area contributed by atoms with Gasteiger partial charge in [-0.1, -0.05) is 33.4 Å². The third-order valence-electron chi connectivity index (χ3n) is 8.18. The first-order chi connectivity index (χ1) is 17.6. The Labute approximate surface area is 222 Å². The Morgan fingerprint density at radius 2 is 2.08 bits per heavy atom. The van der Waals surface area contributed by atoms with E-state index in [1.165, 1.54) is 17.6 Å². The fourth-order valence-corrected chi connectivity index (χ4v) is 5.98. The van der Waals surface area contributed by atoms with Gasteiger partial charge in [-0.2, -0.15) is 0 Å². The molecule has 1 saturated carbocycles. The first kappa shape index (κ1) is 25.6. The summed E-state index contributed by atoms with van der Waals surface area (Å²) in [4.78, 5) is 32.4. The fourth-order valence-electron chi connectivity index (χ4n) is 5.49. The van der Waals surface area contributed by atoms with E-state index >= 15 is 0 Å². The van der Waals surface area contributed by atoms with Crippen molar-refractivity contribution in [2.24, 2.45) is 10.8 Å². The van der Waals surface area contributed by atoms with Gasteiger partial charge in [0.2, 0.25) is 11.9 Å². The predicted octanol–water partition coefficient (Wildman–Crippen LogP) is 5.01. The summed E-state index contributed by atoms with van der Waals surface area (Å²) < 4.78 is 6.25. The maximum absolute atomic E-state index is 12.9. The molecule has 1 aliphatic heterocycles. The van der Waals surface area contributed by atoms with Gasteiger partial charge in [0.15, 0.2) is 0 Å². The van der Waals surface area contributed by atoms with E-state index in [4.69, 9.17) is 4.98 Å². The van der Waals surface area contributed by atoms with Gasteiger partial charge in [0.05, 0.1) is 11.0 Å². The second-order valence-electron chi connectivity index (χ2n) is 11.7. The van der Waals surface area contributed by atoms with Gasteiger partial charge in [0.1, 0.15) is 4.88 Å². The van der Waals surface area contributed by atoms with Gasteiger partial charge in [-0.05, 0) is 78.4 Å². The first-order valence-corrected chi connectivity index (χ1v) is 13.7. The second kappa shape index (κ2) is 9.68. The van der Waals surface area contributed by atoms with Gasteiger partial charge in [-0.25, -0.2) is 9.36 Å². The van der Waals surface area contributed by atoms with Gasteiger partial charge in [-0.3, -0.25) is 14.9 Å². The van der Waals surface area contributed by atoms with Crippen LogP contribution in [0.3, 0.4) is 0 Å². The molecule has 196 valence electrons. The molecule has 0 unspecified atom stereocenters. The Morgan fingerprint density at radius 3 is 2.76 bits per heavy atom. The smallest absolute Gasteiger partial charge is 0.269 e. The number of imidazole rings is 1. The number of carbonyl (C=O) groups excluding carboxylic acids is 2. The maximum Gasteiger partial charge on any atom is 0.269 e. The minimum atomic E-state index is -0.197. The van der Waals surface area contributed by atoms with Gasteiger partial charge >= 0.3 is 0 Å². The van der Waals surface area contributed by atoms with E-state index in [2.05, 4.69) is 72.0 Å². The van der Waals surface area contributed by atoms with Gasteiger partial charge < -0.3 is 14.8 Å². The molecule has 3 aromatic rings. The molecule has 1 spiro atoms. The van der Waals surface area contributed by atoms with Crippen LogP contribution in [0.1, 0.15) is 68.2 Å². The van der Waals surface area contributed by atoms with Gasteiger partial charge in [-0.15, -0.1) is 0 Å². The number of nitrogens with zero attached hydrogens (tertiary/aromatic N) is 4. The summed E-state index contributed by atoms with van der Waals surface area (Å²) in [6.07, 6.45) is 5.94. The molecule has 0 bridgehead atoms. The van der Waals surface area contributed by atoms with Crippen molar-refractivity contribution < 1.29 is 9.59 Å². The van der Waals surface area contributed by atoms with E-state index in [9.17, 15) is 9.59 Å². The Morgan fingerprint density at radius 1 is 1.30 bits per heavy atom. The minimum absolute atomic E-state index is 0.00725. The molecule has 0 radical (unpaired) electrons. The van der Waals surface area contributed by atoms with E-state index < -0.39 is 0 Å². The van der Waals surface area contributed by atoms with Gasteiger partial charge in [0, 0.05) is 37.9 Å². The molecule has 2 amide bonds. The zero-order valence-electron chi connectivity index (χ0n) is 22.1. The lowest BCUT2D eigenvalue weighted by molar-refractivity contribution is -0.125. The summed E-state index contributed by atoms with van der Waals surface area (Å²) in [7, 11) is 0. The number of benzene rings is 1. The fraction of sp³-hybridized carbons (Fsp3) is 0.500. The molecule has 1 aromatic carbocycles. The van der Waals surface area contributed by atoms with Crippen molar-refractivity contribution >= 4 is 40.3 Å². The third-order valence-corrected chi connectivity index (χ3v) is 8.92. The van der Waals surface area contributed by atoms with Crippen molar-refractivity contribution in [2.75, 3.05) is 18.4 Å². The lowest BCUT2D eigenvalue weighted by Crippen LogP contribution is -2.42. The van der Waals surface area contributed by atoms with Crippen molar-refractivity contribution in [3.05, 3.63) is 53.6 Å². The van der Waals surface area contributed by atoms with Crippen molar-refractivity contribution in [3.8, 4) is 0 Å². The highest BCUT2D eigenvalue weighted by atomic mass is 32.1. The second-order valence-corrected chi connectivity index (χ2v) is 12.5. The Hall–Kier alpha value is -3.04. The van der Waals surface area contributed by atoms with Crippen LogP contribution in [0.4, 0.5) is 5.95 Å². The third kappa shape index (κ3) is 5.07. The van der Waals surface area contributed by atoms with Crippen molar-refractivity contribution in [2.45, 2.75) is 65.6 Å². The summed E-state index contributed by atoms with van der Waals surface area (Å²) in [6, 6.07) is 8.67. The first-order valence-electron chi connectivity index (χ1n) is 13.0. The maximum atomic E-state index is 12.9. The lowest BCUT2D eigenvalue weighted by atomic mass is 9.64. The Kier molecular flexibility index (Phi) is 6.70. The SMILES string of the molecule is C=CC(=O)N1CCC2(CC(n3c(NC(=O)c4ccns4)nc4cc(CN[C@@H](C)C(C)(C)C)ccc43)C2)C1. The number of hydrogen-bond acceptors (Lipinski definition) is 6. The van der Waals surface area contributed by atoms with Crippen LogP contribution in [0.5, 0.6) is 0 Å². The predicted molar refractivity (Wildman–Crippen MR) is 148 cm³/mol. The molecule has 2 aromatic heterocycles. The largest absolute Gasteiger partial charge is 0.339 e.